The molecule has 4 aliphatic rings. The van der Waals surface area contributed by atoms with Crippen molar-refractivity contribution in [1.82, 2.24) is 19.9 Å². The average molecular weight is 787 g/mol. The number of hydrogen-bond donors (Lipinski definition) is 3. The molecular weight excluding hydrogens is 742 g/mol. The number of nitrogens with one attached hydrogen (secondary N) is 3. The van der Waals surface area contributed by atoms with Crippen molar-refractivity contribution >= 4 is 70.9 Å². The number of carbonyl (C=O) groups excluding carboxylic acids is 3. The van der Waals surface area contributed by atoms with Gasteiger partial charge in [0.2, 0.25) is 21.8 Å². The van der Waals surface area contributed by atoms with E-state index in [2.05, 4.69) is 43.2 Å². The minimum Gasteiger partial charge on any atom is -0.465 e. The third-order valence-electron chi connectivity index (χ3n) is 11.0. The summed E-state index contributed by atoms with van der Waals surface area (Å²) in [5, 5.41) is 6.90. The van der Waals surface area contributed by atoms with Crippen LogP contribution in [0.15, 0.2) is 53.0 Å². The van der Waals surface area contributed by atoms with Crippen LogP contribution in [-0.4, -0.2) is 71.0 Å². The number of rotatable bonds is 7. The van der Waals surface area contributed by atoms with E-state index in [4.69, 9.17) is 4.74 Å². The molecule has 1 unspecified atom stereocenters. The number of para-hydroxylation sites is 1. The van der Waals surface area contributed by atoms with Crippen LogP contribution in [0.25, 0.3) is 10.2 Å². The van der Waals surface area contributed by atoms with Gasteiger partial charge in [0.25, 0.3) is 11.1 Å². The van der Waals surface area contributed by atoms with Crippen LogP contribution in [0.4, 0.5) is 5.69 Å². The Labute approximate surface area is 305 Å². The van der Waals surface area contributed by atoms with Crippen LogP contribution in [-0.2, 0) is 24.4 Å². The van der Waals surface area contributed by atoms with Crippen molar-refractivity contribution in [2.24, 2.45) is 11.8 Å². The molecule has 6 atom stereocenters. The molecule has 0 radical (unpaired) electrons. The summed E-state index contributed by atoms with van der Waals surface area (Å²) in [4.78, 5) is 49.1. The number of fused-ring (bicyclic) bond motifs is 3. The molecule has 7 rings (SSSR count). The molecule has 3 aromatic rings. The predicted octanol–water partition coefficient (Wildman–Crippen LogP) is 5.75. The van der Waals surface area contributed by atoms with Gasteiger partial charge in [0.15, 0.2) is 0 Å². The van der Waals surface area contributed by atoms with Crippen LogP contribution in [0.2, 0.25) is 0 Å². The number of nitrogens with zero attached hydrogens (tertiary/aromatic N) is 2. The third kappa shape index (κ3) is 7.12. The minimum absolute atomic E-state index is 0.0920. The van der Waals surface area contributed by atoms with Gasteiger partial charge in [-0.2, -0.15) is 0 Å². The van der Waals surface area contributed by atoms with Crippen molar-refractivity contribution in [2.45, 2.75) is 107 Å². The number of thiazole rings is 1. The number of aromatic nitrogens is 1. The molecule has 0 bridgehead atoms. The van der Waals surface area contributed by atoms with Crippen molar-refractivity contribution in [3.63, 3.8) is 0 Å². The van der Waals surface area contributed by atoms with Gasteiger partial charge in [-0.25, -0.2) is 13.4 Å². The molecule has 1 aromatic heterocycles. The normalized spacial score (nSPS) is 29.9. The van der Waals surface area contributed by atoms with Gasteiger partial charge in [-0.05, 0) is 74.8 Å². The zero-order valence-corrected chi connectivity index (χ0v) is 31.5. The Bertz CT molecular complexity index is 1890. The second-order valence-electron chi connectivity index (χ2n) is 14.8. The molecular formula is C36H44BrN5O6S2. The van der Waals surface area contributed by atoms with Crippen molar-refractivity contribution in [1.29, 1.82) is 0 Å². The van der Waals surface area contributed by atoms with Gasteiger partial charge < -0.3 is 20.3 Å². The lowest BCUT2D eigenvalue weighted by molar-refractivity contribution is -0.140. The molecule has 2 saturated heterocycles. The maximum atomic E-state index is 14.5. The molecule has 2 saturated carbocycles. The second-order valence-corrected chi connectivity index (χ2v) is 18.9. The summed E-state index contributed by atoms with van der Waals surface area (Å²) in [6.07, 6.45) is 6.14. The summed E-state index contributed by atoms with van der Waals surface area (Å²) in [7, 11) is -3.92. The van der Waals surface area contributed by atoms with Crippen LogP contribution in [0.3, 0.4) is 0 Å². The first-order valence-electron chi connectivity index (χ1n) is 17.6. The van der Waals surface area contributed by atoms with Crippen molar-refractivity contribution in [2.75, 3.05) is 11.9 Å². The first-order chi connectivity index (χ1) is 23.9. The largest absolute Gasteiger partial charge is 0.465 e. The Kier molecular flexibility index (Phi) is 9.65. The zero-order valence-electron chi connectivity index (χ0n) is 28.3. The summed E-state index contributed by atoms with van der Waals surface area (Å²) in [5.41, 5.74) is 0.234. The standard InChI is InChI=1S/C36H44BrN5O6S2/c1-22-10-6-3-4-9-13-28(38-24-11-7-5-8-12-24)32(44)42-21-25(48-34-39-27-15-14-23(37)18-30(27)49-34)19-29(42)31(43)40-36(20-26(22)36)33(45)41-50(46,47)35(2)16-17-35/h5,7-8,11-12,14-15,18,22,25-26,28-29,38H,3-4,6,9-10,13,16-17,19-21H2,1-2H3,(H,40,43)(H,41,45)/t22?,25-,26+,28+,29+,36-/m1/s1. The van der Waals surface area contributed by atoms with Crippen LogP contribution in [0.5, 0.6) is 5.19 Å². The van der Waals surface area contributed by atoms with Gasteiger partial charge in [0.1, 0.15) is 23.7 Å². The number of amides is 3. The zero-order chi connectivity index (χ0) is 35.3. The molecule has 268 valence electrons. The number of sulfonamides is 1. The third-order valence-corrected chi connectivity index (χ3v) is 14.6. The molecule has 3 heterocycles. The molecule has 14 heteroatoms. The Morgan fingerprint density at radius 1 is 1.08 bits per heavy atom. The second kappa shape index (κ2) is 13.7. The van der Waals surface area contributed by atoms with E-state index in [0.29, 0.717) is 30.9 Å². The fraction of sp³-hybridized carbons (Fsp3) is 0.556. The first-order valence-corrected chi connectivity index (χ1v) is 20.7. The van der Waals surface area contributed by atoms with Gasteiger partial charge in [-0.3, -0.25) is 19.1 Å². The van der Waals surface area contributed by atoms with Crippen LogP contribution in [0, 0.1) is 11.8 Å². The van der Waals surface area contributed by atoms with Gasteiger partial charge in [-0.15, -0.1) is 0 Å². The van der Waals surface area contributed by atoms with Crippen molar-refractivity contribution < 1.29 is 27.5 Å². The molecule has 2 aliphatic carbocycles. The molecule has 0 spiro atoms. The molecule has 2 aromatic carbocycles. The quantitative estimate of drug-likeness (QED) is 0.275. The summed E-state index contributed by atoms with van der Waals surface area (Å²) in [5.74, 6) is -1.51. The van der Waals surface area contributed by atoms with Crippen LogP contribution < -0.4 is 20.1 Å². The lowest BCUT2D eigenvalue weighted by Gasteiger charge is -2.30. The van der Waals surface area contributed by atoms with E-state index in [1.165, 1.54) is 11.3 Å². The lowest BCUT2D eigenvalue weighted by atomic mass is 9.94. The number of hydrogen-bond acceptors (Lipinski definition) is 9. The molecule has 3 amide bonds. The molecule has 11 nitrogen and oxygen atoms in total. The topological polar surface area (TPSA) is 147 Å². The van der Waals surface area contributed by atoms with E-state index in [9.17, 15) is 22.8 Å². The Balaban J connectivity index is 1.19. The molecule has 4 fully saturated rings. The summed E-state index contributed by atoms with van der Waals surface area (Å²) in [6.45, 7) is 3.87. The van der Waals surface area contributed by atoms with Crippen molar-refractivity contribution in [3.8, 4) is 5.19 Å². The van der Waals surface area contributed by atoms with E-state index in [1.54, 1.807) is 11.8 Å². The van der Waals surface area contributed by atoms with E-state index in [1.807, 2.05) is 48.5 Å². The highest BCUT2D eigenvalue weighted by molar-refractivity contribution is 9.10. The van der Waals surface area contributed by atoms with Crippen LogP contribution >= 0.6 is 27.3 Å². The summed E-state index contributed by atoms with van der Waals surface area (Å²) >= 11 is 4.90. The maximum absolute atomic E-state index is 14.5. The summed E-state index contributed by atoms with van der Waals surface area (Å²) < 4.78 is 36.0. The van der Waals surface area contributed by atoms with Gasteiger partial charge >= 0.3 is 0 Å². The molecule has 2 aliphatic heterocycles. The predicted molar refractivity (Wildman–Crippen MR) is 196 cm³/mol. The van der Waals surface area contributed by atoms with E-state index >= 15 is 0 Å². The fourth-order valence-corrected chi connectivity index (χ4v) is 10.3. The van der Waals surface area contributed by atoms with Crippen molar-refractivity contribution in [3.05, 3.63) is 53.0 Å². The lowest BCUT2D eigenvalue weighted by Crippen LogP contribution is -2.58. The van der Waals surface area contributed by atoms with Gasteiger partial charge in [-0.1, -0.05) is 84.5 Å². The molecule has 3 N–H and O–H groups in total. The Hall–Kier alpha value is -3.23. The fourth-order valence-electron chi connectivity index (χ4n) is 7.53. The van der Waals surface area contributed by atoms with E-state index in [-0.39, 0.29) is 30.7 Å². The molecule has 50 heavy (non-hydrogen) atoms. The van der Waals surface area contributed by atoms with E-state index < -0.39 is 50.3 Å². The highest BCUT2D eigenvalue weighted by Gasteiger charge is 2.65. The van der Waals surface area contributed by atoms with Gasteiger partial charge in [0.05, 0.1) is 21.5 Å². The maximum Gasteiger partial charge on any atom is 0.274 e. The van der Waals surface area contributed by atoms with E-state index in [0.717, 1.165) is 52.5 Å². The highest BCUT2D eigenvalue weighted by atomic mass is 79.9. The smallest absolute Gasteiger partial charge is 0.274 e. The first kappa shape index (κ1) is 35.2. The number of anilines is 1. The highest BCUT2D eigenvalue weighted by Crippen LogP contribution is 2.51. The number of ether oxygens (including phenoxy) is 1. The number of carbonyl (C=O) groups is 3. The van der Waals surface area contributed by atoms with Crippen LogP contribution in [0.1, 0.15) is 78.1 Å². The SMILES string of the molecule is CC1CCCCCC[C@H](Nc2ccccc2)C(=O)N2C[C@H](Oc3nc4ccc(Br)cc4s3)C[C@H]2C(=O)N[C@]2(C(=O)NS(=O)(=O)C3(C)CC3)C[C@@H]12. The monoisotopic (exact) mass is 785 g/mol. The van der Waals surface area contributed by atoms with Gasteiger partial charge in [0, 0.05) is 16.6 Å². The minimum atomic E-state index is -3.92. The Morgan fingerprint density at radius 2 is 1.82 bits per heavy atom. The summed E-state index contributed by atoms with van der Waals surface area (Å²) in [6, 6.07) is 13.8. The average Bonchev–Trinajstić information content (AvgIpc) is 3.92. The number of halogens is 1. The Morgan fingerprint density at radius 3 is 2.56 bits per heavy atom. The number of benzene rings is 2.